The lowest BCUT2D eigenvalue weighted by atomic mass is 10.2. The molecule has 0 bridgehead atoms. The van der Waals surface area contributed by atoms with E-state index in [0.29, 0.717) is 5.56 Å². The van der Waals surface area contributed by atoms with Crippen molar-refractivity contribution < 1.29 is 19.4 Å². The first-order valence-electron chi connectivity index (χ1n) is 15.5. The van der Waals surface area contributed by atoms with Crippen molar-refractivity contribution in [3.05, 3.63) is 179 Å². The molecule has 3 aromatic heterocycles. The molecule has 0 radical (unpaired) electrons. The summed E-state index contributed by atoms with van der Waals surface area (Å²) < 4.78 is 7.45. The number of nitrogens with one attached hydrogen (secondary N) is 1. The number of hydrogen-bond acceptors (Lipinski definition) is 5. The van der Waals surface area contributed by atoms with Crippen LogP contribution >= 0.6 is 15.9 Å². The normalized spacial score (nSPS) is 11.4. The zero-order chi connectivity index (χ0) is 34.9. The smallest absolute Gasteiger partial charge is 0.337 e. The number of allylic oxidation sites excluding steroid dienone is 3. The van der Waals surface area contributed by atoms with Crippen molar-refractivity contribution in [1.29, 1.82) is 0 Å². The number of carbonyl (C=O) groups excluding carboxylic acids is 1. The summed E-state index contributed by atoms with van der Waals surface area (Å²) in [5.41, 5.74) is 7.54. The molecule has 0 saturated heterocycles. The van der Waals surface area contributed by atoms with Gasteiger partial charge in [-0.2, -0.15) is 0 Å². The molecule has 0 saturated carbocycles. The number of rotatable bonds is 5. The van der Waals surface area contributed by atoms with Crippen molar-refractivity contribution in [2.75, 3.05) is 7.11 Å². The van der Waals surface area contributed by atoms with Crippen molar-refractivity contribution in [3.63, 3.8) is 0 Å². The molecule has 1 aliphatic rings. The molecule has 0 spiro atoms. The molecule has 244 valence electrons. The molecular formula is C41H30BrN4O4+. The first-order chi connectivity index (χ1) is 24.4. The second-order valence-electron chi connectivity index (χ2n) is 10.9. The molecule has 8 nitrogen and oxygen atoms in total. The maximum Gasteiger partial charge on any atom is 0.337 e. The van der Waals surface area contributed by atoms with Gasteiger partial charge >= 0.3 is 11.9 Å². The number of halogens is 1. The van der Waals surface area contributed by atoms with Crippen molar-refractivity contribution in [2.45, 2.75) is 0 Å². The van der Waals surface area contributed by atoms with E-state index < -0.39 is 5.97 Å². The topological polar surface area (TPSA) is 110 Å². The Balaban J connectivity index is 0.000000142. The van der Waals surface area contributed by atoms with E-state index in [1.165, 1.54) is 12.5 Å². The van der Waals surface area contributed by atoms with Gasteiger partial charge in [-0.3, -0.25) is 4.98 Å². The van der Waals surface area contributed by atoms with E-state index in [0.717, 1.165) is 49.4 Å². The van der Waals surface area contributed by atoms with Gasteiger partial charge in [0.1, 0.15) is 12.2 Å². The number of aromatic carboxylic acids is 1. The van der Waals surface area contributed by atoms with Gasteiger partial charge in [-0.05, 0) is 72.8 Å². The second-order valence-corrected chi connectivity index (χ2v) is 11.8. The number of benzene rings is 4. The standard InChI is InChI=1S/C20H14N2O2.C13H9N2.C8H7BrO2/c23-20(24)15-7-5-8-16(12-15)22-18-10-2-1-6-14(18)13-19(22)17-9-3-4-11-21-17;1-2-6-11-10(5-1)9-13(15-11)12-7-3-4-8-14-12;1-11-8(10)6-3-2-4-7(9)5-6/h1-13H,(H,23,24);1-3,5-9,15H;2-5H,1H3/q;+1;. The number of carbonyl (C=O) groups is 2. The summed E-state index contributed by atoms with van der Waals surface area (Å²) in [4.78, 5) is 34.3. The number of aromatic nitrogens is 3. The van der Waals surface area contributed by atoms with Crippen molar-refractivity contribution in [1.82, 2.24) is 14.5 Å². The molecule has 9 heteroatoms. The highest BCUT2D eigenvalue weighted by molar-refractivity contribution is 9.10. The number of hydrogen-bond donors (Lipinski definition) is 2. The molecule has 0 aliphatic carbocycles. The predicted octanol–water partition coefficient (Wildman–Crippen LogP) is 9.47. The van der Waals surface area contributed by atoms with E-state index in [4.69, 9.17) is 0 Å². The first kappa shape index (κ1) is 33.5. The molecule has 8 rings (SSSR count). The van der Waals surface area contributed by atoms with Gasteiger partial charge in [-0.1, -0.05) is 70.5 Å². The number of aliphatic imine (C=N–C) groups is 1. The Morgan fingerprint density at radius 1 is 0.820 bits per heavy atom. The number of carboxylic acid groups (broad SMARTS) is 1. The van der Waals surface area contributed by atoms with E-state index in [2.05, 4.69) is 66.0 Å². The zero-order valence-electron chi connectivity index (χ0n) is 26.8. The van der Waals surface area contributed by atoms with Gasteiger partial charge in [0.05, 0.1) is 40.8 Å². The lowest BCUT2D eigenvalue weighted by Gasteiger charge is -2.11. The molecule has 7 aromatic rings. The van der Waals surface area contributed by atoms with Crippen LogP contribution in [0, 0.1) is 6.08 Å². The van der Waals surface area contributed by atoms with Gasteiger partial charge < -0.3 is 19.4 Å². The quantitative estimate of drug-likeness (QED) is 0.136. The van der Waals surface area contributed by atoms with Crippen LogP contribution in [-0.2, 0) is 4.74 Å². The minimum Gasteiger partial charge on any atom is -0.478 e. The largest absolute Gasteiger partial charge is 0.478 e. The highest BCUT2D eigenvalue weighted by Crippen LogP contribution is 2.31. The van der Waals surface area contributed by atoms with Crippen LogP contribution < -0.4 is 0 Å². The van der Waals surface area contributed by atoms with Crippen LogP contribution in [0.5, 0.6) is 0 Å². The fourth-order valence-corrected chi connectivity index (χ4v) is 5.74. The maximum atomic E-state index is 11.3. The zero-order valence-corrected chi connectivity index (χ0v) is 28.4. The van der Waals surface area contributed by atoms with Crippen molar-refractivity contribution >= 4 is 55.4 Å². The number of methoxy groups -OCH3 is 1. The lowest BCUT2D eigenvalue weighted by molar-refractivity contribution is 0.0599. The summed E-state index contributed by atoms with van der Waals surface area (Å²) in [5, 5.41) is 11.6. The van der Waals surface area contributed by atoms with Crippen LogP contribution in [0.1, 0.15) is 26.4 Å². The van der Waals surface area contributed by atoms with Crippen molar-refractivity contribution in [2.24, 2.45) is 4.99 Å². The van der Waals surface area contributed by atoms with Crippen LogP contribution in [0.3, 0.4) is 0 Å². The highest BCUT2D eigenvalue weighted by Gasteiger charge is 2.14. The maximum absolute atomic E-state index is 11.3. The predicted molar refractivity (Wildman–Crippen MR) is 201 cm³/mol. The summed E-state index contributed by atoms with van der Waals surface area (Å²) in [6.45, 7) is 0. The molecule has 50 heavy (non-hydrogen) atoms. The summed E-state index contributed by atoms with van der Waals surface area (Å²) in [6.07, 6.45) is 10.2. The molecular weight excluding hydrogens is 692 g/mol. The van der Waals surface area contributed by atoms with E-state index in [1.807, 2.05) is 83.4 Å². The van der Waals surface area contributed by atoms with Crippen LogP contribution in [0.25, 0.3) is 38.9 Å². The molecule has 4 heterocycles. The third-order valence-electron chi connectivity index (χ3n) is 7.66. The number of nitrogens with zero attached hydrogens (tertiary/aromatic N) is 3. The molecule has 0 amide bonds. The number of esters is 1. The average Bonchev–Trinajstić information content (AvgIpc) is 3.78. The molecule has 1 aliphatic heterocycles. The Kier molecular flexibility index (Phi) is 10.5. The number of fused-ring (bicyclic) bond motifs is 2. The summed E-state index contributed by atoms with van der Waals surface area (Å²) in [7, 11) is 1.36. The molecule has 0 unspecified atom stereocenters. The number of carboxylic acids is 1. The van der Waals surface area contributed by atoms with Gasteiger partial charge in [-0.15, -0.1) is 0 Å². The Hall–Kier alpha value is -6.41. The number of pyridine rings is 1. The Morgan fingerprint density at radius 3 is 2.30 bits per heavy atom. The van der Waals surface area contributed by atoms with Crippen LogP contribution in [-0.4, -0.2) is 44.4 Å². The monoisotopic (exact) mass is 721 g/mol. The van der Waals surface area contributed by atoms with E-state index in [-0.39, 0.29) is 11.5 Å². The number of para-hydroxylation sites is 2. The Labute approximate surface area is 296 Å². The van der Waals surface area contributed by atoms with E-state index in [9.17, 15) is 14.7 Å². The van der Waals surface area contributed by atoms with E-state index >= 15 is 0 Å². The minimum atomic E-state index is -0.937. The Morgan fingerprint density at radius 2 is 1.58 bits per heavy atom. The van der Waals surface area contributed by atoms with Crippen molar-refractivity contribution in [3.8, 4) is 17.1 Å². The minimum absolute atomic E-state index is 0.261. The fourth-order valence-electron chi connectivity index (χ4n) is 5.34. The summed E-state index contributed by atoms with van der Waals surface area (Å²) >= 11 is 3.25. The molecule has 0 atom stereocenters. The third-order valence-corrected chi connectivity index (χ3v) is 8.15. The summed E-state index contributed by atoms with van der Waals surface area (Å²) in [5.74, 6) is -1.25. The number of ether oxygens (including phenoxy) is 1. The molecule has 4 aromatic carbocycles. The lowest BCUT2D eigenvalue weighted by Crippen LogP contribution is -2.01. The highest BCUT2D eigenvalue weighted by atomic mass is 79.9. The van der Waals surface area contributed by atoms with Crippen LogP contribution in [0.15, 0.2) is 161 Å². The van der Waals surface area contributed by atoms with Crippen LogP contribution in [0.2, 0.25) is 0 Å². The van der Waals surface area contributed by atoms with Gasteiger partial charge in [0.25, 0.3) is 0 Å². The SMILES string of the molecule is COC(=O)c1cccc(Br)c1.O=C(O)c1cccc(-n2c(-c3ccccn3)cc3ccccc32)c1.[C+]1=CN=C(c2cc3ccccc3[nH]2)C=C1. The molecule has 0 fully saturated rings. The van der Waals surface area contributed by atoms with Gasteiger partial charge in [0, 0.05) is 32.6 Å². The molecule has 2 N–H and O–H groups in total. The number of aromatic amines is 1. The number of H-pyrrole nitrogens is 1. The summed E-state index contributed by atoms with van der Waals surface area (Å²) in [6, 6.07) is 40.2. The first-order valence-corrected chi connectivity index (χ1v) is 16.3. The van der Waals surface area contributed by atoms with Gasteiger partial charge in [-0.25, -0.2) is 14.6 Å². The van der Waals surface area contributed by atoms with Gasteiger partial charge in [0.15, 0.2) is 18.0 Å². The van der Waals surface area contributed by atoms with Crippen LogP contribution in [0.4, 0.5) is 0 Å². The average molecular weight is 723 g/mol. The fraction of sp³-hybridized carbons (Fsp3) is 0.0244. The van der Waals surface area contributed by atoms with Gasteiger partial charge in [0.2, 0.25) is 0 Å². The van der Waals surface area contributed by atoms with E-state index in [1.54, 1.807) is 48.8 Å². The Bertz CT molecular complexity index is 2360. The second kappa shape index (κ2) is 15.7. The third kappa shape index (κ3) is 7.82.